The van der Waals surface area contributed by atoms with Crippen molar-refractivity contribution < 1.29 is 29.0 Å². The fourth-order valence-electron chi connectivity index (χ4n) is 2.32. The van der Waals surface area contributed by atoms with E-state index in [0.717, 1.165) is 6.07 Å². The highest BCUT2D eigenvalue weighted by molar-refractivity contribution is 6.43. The summed E-state index contributed by atoms with van der Waals surface area (Å²) in [5.74, 6) is -0.131. The summed E-state index contributed by atoms with van der Waals surface area (Å²) < 4.78 is 15.8. The van der Waals surface area contributed by atoms with Crippen LogP contribution in [-0.2, 0) is 11.4 Å². The molecule has 0 unspecified atom stereocenters. The Kier molecular flexibility index (Phi) is 8.33. The van der Waals surface area contributed by atoms with Gasteiger partial charge in [-0.15, -0.1) is 0 Å². The fourth-order valence-corrected chi connectivity index (χ4v) is 2.89. The number of nitro benzene ring substituents is 1. The number of halogens is 3. The van der Waals surface area contributed by atoms with Gasteiger partial charge < -0.3 is 19.3 Å². The van der Waals surface area contributed by atoms with Crippen LogP contribution in [0.5, 0.6) is 17.2 Å². The predicted molar refractivity (Wildman–Crippen MR) is 107 cm³/mol. The van der Waals surface area contributed by atoms with E-state index >= 15 is 0 Å². The third-order valence-corrected chi connectivity index (χ3v) is 4.73. The van der Waals surface area contributed by atoms with Crippen molar-refractivity contribution in [1.82, 2.24) is 0 Å². The summed E-state index contributed by atoms with van der Waals surface area (Å²) in [7, 11) is 1.37. The minimum Gasteiger partial charge on any atom is -0.493 e. The first-order valence-electron chi connectivity index (χ1n) is 8.21. The van der Waals surface area contributed by atoms with E-state index in [9.17, 15) is 20.0 Å². The Bertz CT molecular complexity index is 921. The number of carbonyl (C=O) groups excluding carboxylic acids is 1. The lowest BCUT2D eigenvalue weighted by atomic mass is 10.1. The van der Waals surface area contributed by atoms with E-state index in [1.165, 1.54) is 25.3 Å². The Labute approximate surface area is 181 Å². The van der Waals surface area contributed by atoms with Crippen molar-refractivity contribution in [3.8, 4) is 17.2 Å². The van der Waals surface area contributed by atoms with Gasteiger partial charge in [0.2, 0.25) is 0 Å². The van der Waals surface area contributed by atoms with Gasteiger partial charge in [-0.25, -0.2) is 0 Å². The third-order valence-electron chi connectivity index (χ3n) is 3.71. The van der Waals surface area contributed by atoms with Crippen LogP contribution in [0.4, 0.5) is 5.69 Å². The van der Waals surface area contributed by atoms with Gasteiger partial charge in [-0.1, -0.05) is 34.8 Å². The first-order chi connectivity index (χ1) is 13.8. The van der Waals surface area contributed by atoms with Crippen LogP contribution in [-0.4, -0.2) is 29.7 Å². The van der Waals surface area contributed by atoms with Crippen LogP contribution in [0.25, 0.3) is 0 Å². The summed E-state index contributed by atoms with van der Waals surface area (Å²) in [5, 5.41) is 20.9. The summed E-state index contributed by atoms with van der Waals surface area (Å²) >= 11 is 17.6. The zero-order chi connectivity index (χ0) is 21.6. The Hall–Kier alpha value is -2.26. The molecule has 0 aliphatic heterocycles. The molecule has 0 fully saturated rings. The number of carbonyl (C=O) groups is 1. The SMILES string of the molecule is COc1cc(CO)c([N+](=O)[O-])cc1OCCCC(=O)Oc1cc(Cl)c(Cl)cc1Cl. The van der Waals surface area contributed by atoms with Crippen LogP contribution < -0.4 is 14.2 Å². The van der Waals surface area contributed by atoms with Gasteiger partial charge >= 0.3 is 5.97 Å². The molecule has 0 aliphatic carbocycles. The van der Waals surface area contributed by atoms with E-state index in [1.54, 1.807) is 0 Å². The van der Waals surface area contributed by atoms with Crippen molar-refractivity contribution in [3.63, 3.8) is 0 Å². The number of ether oxygens (including phenoxy) is 3. The summed E-state index contributed by atoms with van der Waals surface area (Å²) in [5.41, 5.74) is -0.196. The van der Waals surface area contributed by atoms with E-state index in [4.69, 9.17) is 49.0 Å². The minimum absolute atomic E-state index is 0.00426. The molecule has 0 atom stereocenters. The van der Waals surface area contributed by atoms with Gasteiger partial charge in [-0.05, 0) is 18.6 Å². The number of aliphatic hydroxyl groups is 1. The zero-order valence-electron chi connectivity index (χ0n) is 15.1. The standard InChI is InChI=1S/C18H16Cl3NO7/c1-27-16-5-10(9-23)14(22(25)26)8-17(16)28-4-2-3-18(24)29-15-7-12(20)11(19)6-13(15)21/h5-8,23H,2-4,9H2,1H3. The summed E-state index contributed by atoms with van der Waals surface area (Å²) in [6.45, 7) is -0.452. The average Bonchev–Trinajstić information content (AvgIpc) is 2.68. The molecule has 156 valence electrons. The number of hydrogen-bond acceptors (Lipinski definition) is 7. The van der Waals surface area contributed by atoms with Crippen LogP contribution in [0.2, 0.25) is 15.1 Å². The Balaban J connectivity index is 1.95. The summed E-state index contributed by atoms with van der Waals surface area (Å²) in [6.07, 6.45) is 0.256. The predicted octanol–water partition coefficient (Wildman–Crippen LogP) is 4.82. The lowest BCUT2D eigenvalue weighted by Crippen LogP contribution is -2.10. The van der Waals surface area contributed by atoms with Crippen molar-refractivity contribution >= 4 is 46.5 Å². The zero-order valence-corrected chi connectivity index (χ0v) is 17.4. The average molecular weight is 465 g/mol. The fraction of sp³-hybridized carbons (Fsp3) is 0.278. The molecule has 2 rings (SSSR count). The highest BCUT2D eigenvalue weighted by Crippen LogP contribution is 2.35. The molecule has 11 heteroatoms. The van der Waals surface area contributed by atoms with Gasteiger partial charge in [0.25, 0.3) is 5.69 Å². The second-order valence-electron chi connectivity index (χ2n) is 5.67. The molecule has 8 nitrogen and oxygen atoms in total. The maximum Gasteiger partial charge on any atom is 0.311 e. The van der Waals surface area contributed by atoms with Gasteiger partial charge in [0.15, 0.2) is 17.2 Å². The molecule has 0 radical (unpaired) electrons. The van der Waals surface area contributed by atoms with Gasteiger partial charge in [-0.2, -0.15) is 0 Å². The van der Waals surface area contributed by atoms with Gasteiger partial charge in [0.1, 0.15) is 0 Å². The number of esters is 1. The van der Waals surface area contributed by atoms with Crippen molar-refractivity contribution in [2.24, 2.45) is 0 Å². The Morgan fingerprint density at radius 3 is 2.38 bits per heavy atom. The van der Waals surface area contributed by atoms with Crippen molar-refractivity contribution in [1.29, 1.82) is 0 Å². The van der Waals surface area contributed by atoms with E-state index in [1.807, 2.05) is 0 Å². The number of hydrogen-bond donors (Lipinski definition) is 1. The summed E-state index contributed by atoms with van der Waals surface area (Å²) in [6, 6.07) is 5.20. The van der Waals surface area contributed by atoms with Crippen LogP contribution in [0.1, 0.15) is 18.4 Å². The van der Waals surface area contributed by atoms with E-state index < -0.39 is 17.5 Å². The molecule has 0 saturated heterocycles. The number of nitrogens with zero attached hydrogens (tertiary/aromatic N) is 1. The molecular formula is C18H16Cl3NO7. The smallest absolute Gasteiger partial charge is 0.311 e. The number of rotatable bonds is 9. The second kappa shape index (κ2) is 10.5. The molecular weight excluding hydrogens is 449 g/mol. The molecule has 29 heavy (non-hydrogen) atoms. The molecule has 2 aromatic carbocycles. The molecule has 0 amide bonds. The molecule has 2 aromatic rings. The lowest BCUT2D eigenvalue weighted by molar-refractivity contribution is -0.385. The lowest BCUT2D eigenvalue weighted by Gasteiger charge is -2.12. The number of aliphatic hydroxyl groups excluding tert-OH is 1. The third kappa shape index (κ3) is 6.11. The van der Waals surface area contributed by atoms with Gasteiger partial charge in [0.05, 0.1) is 51.9 Å². The highest BCUT2D eigenvalue weighted by Gasteiger charge is 2.19. The molecule has 0 heterocycles. The Morgan fingerprint density at radius 1 is 1.07 bits per heavy atom. The molecule has 0 spiro atoms. The van der Waals surface area contributed by atoms with Crippen molar-refractivity contribution in [2.45, 2.75) is 19.4 Å². The van der Waals surface area contributed by atoms with Crippen LogP contribution in [0, 0.1) is 10.1 Å². The first kappa shape index (κ1) is 23.0. The van der Waals surface area contributed by atoms with E-state index in [0.29, 0.717) is 0 Å². The van der Waals surface area contributed by atoms with Crippen molar-refractivity contribution in [3.05, 3.63) is 55.0 Å². The monoisotopic (exact) mass is 463 g/mol. The molecule has 1 N–H and O–H groups in total. The van der Waals surface area contributed by atoms with Gasteiger partial charge in [-0.3, -0.25) is 14.9 Å². The maximum atomic E-state index is 12.0. The molecule has 0 bridgehead atoms. The number of benzene rings is 2. The first-order valence-corrected chi connectivity index (χ1v) is 9.34. The normalized spacial score (nSPS) is 10.5. The second-order valence-corrected chi connectivity index (χ2v) is 6.89. The molecule has 0 aliphatic rings. The Morgan fingerprint density at radius 2 is 1.76 bits per heavy atom. The van der Waals surface area contributed by atoms with Crippen molar-refractivity contribution in [2.75, 3.05) is 13.7 Å². The summed E-state index contributed by atoms with van der Waals surface area (Å²) in [4.78, 5) is 22.4. The van der Waals surface area contributed by atoms with Crippen LogP contribution in [0.15, 0.2) is 24.3 Å². The highest BCUT2D eigenvalue weighted by atomic mass is 35.5. The van der Waals surface area contributed by atoms with E-state index in [2.05, 4.69) is 0 Å². The van der Waals surface area contributed by atoms with Crippen LogP contribution in [0.3, 0.4) is 0 Å². The quantitative estimate of drug-likeness (QED) is 0.141. The van der Waals surface area contributed by atoms with E-state index in [-0.39, 0.29) is 63.0 Å². The van der Waals surface area contributed by atoms with Gasteiger partial charge in [0, 0.05) is 12.5 Å². The molecule has 0 saturated carbocycles. The topological polar surface area (TPSA) is 108 Å². The number of methoxy groups -OCH3 is 1. The number of nitro groups is 1. The largest absolute Gasteiger partial charge is 0.493 e. The molecule has 0 aromatic heterocycles. The van der Waals surface area contributed by atoms with Crippen LogP contribution >= 0.6 is 34.8 Å². The maximum absolute atomic E-state index is 12.0. The minimum atomic E-state index is -0.629.